The standard InChI is InChI=1S/C17H20N4O4S/c1-20(12-7-9-26(24,25)10-12)17(23)15-19-14(16(22)18-11-5-6-11)13-4-2-3-8-21(13)15/h2-4,8,11-12H,5-7,9-10H2,1H3,(H,18,22). The van der Waals surface area contributed by atoms with Crippen molar-refractivity contribution >= 4 is 27.2 Å². The molecule has 1 N–H and O–H groups in total. The van der Waals surface area contributed by atoms with Crippen molar-refractivity contribution in [2.75, 3.05) is 18.6 Å². The van der Waals surface area contributed by atoms with Crippen molar-refractivity contribution in [2.45, 2.75) is 31.3 Å². The lowest BCUT2D eigenvalue weighted by atomic mass is 10.2. The molecule has 8 nitrogen and oxygen atoms in total. The summed E-state index contributed by atoms with van der Waals surface area (Å²) in [6.45, 7) is 0. The first-order valence-electron chi connectivity index (χ1n) is 8.61. The molecule has 2 aromatic heterocycles. The molecule has 1 saturated carbocycles. The van der Waals surface area contributed by atoms with Crippen molar-refractivity contribution in [1.82, 2.24) is 19.6 Å². The molecule has 3 heterocycles. The van der Waals surface area contributed by atoms with Gasteiger partial charge in [0.2, 0.25) is 5.82 Å². The zero-order chi connectivity index (χ0) is 18.5. The highest BCUT2D eigenvalue weighted by Gasteiger charge is 2.35. The van der Waals surface area contributed by atoms with Crippen molar-refractivity contribution in [3.8, 4) is 0 Å². The van der Waals surface area contributed by atoms with Gasteiger partial charge in [-0.05, 0) is 31.4 Å². The number of aromatic nitrogens is 2. The monoisotopic (exact) mass is 376 g/mol. The first-order valence-corrected chi connectivity index (χ1v) is 10.4. The van der Waals surface area contributed by atoms with Gasteiger partial charge in [0.05, 0.1) is 17.0 Å². The number of fused-ring (bicyclic) bond motifs is 1. The van der Waals surface area contributed by atoms with Crippen molar-refractivity contribution in [2.24, 2.45) is 0 Å². The third-order valence-electron chi connectivity index (χ3n) is 4.94. The van der Waals surface area contributed by atoms with Crippen molar-refractivity contribution in [3.63, 3.8) is 0 Å². The first-order chi connectivity index (χ1) is 12.4. The summed E-state index contributed by atoms with van der Waals surface area (Å²) in [7, 11) is -1.51. The van der Waals surface area contributed by atoms with Crippen LogP contribution in [0.4, 0.5) is 0 Å². The number of amides is 2. The van der Waals surface area contributed by atoms with E-state index < -0.39 is 15.7 Å². The van der Waals surface area contributed by atoms with Crippen LogP contribution >= 0.6 is 0 Å². The van der Waals surface area contributed by atoms with Gasteiger partial charge in [-0.15, -0.1) is 0 Å². The first kappa shape index (κ1) is 17.0. The number of carbonyl (C=O) groups excluding carboxylic acids is 2. The normalized spacial score (nSPS) is 21.7. The molecule has 2 aromatic rings. The molecule has 26 heavy (non-hydrogen) atoms. The molecule has 4 rings (SSSR count). The van der Waals surface area contributed by atoms with Crippen LogP contribution in [-0.2, 0) is 9.84 Å². The van der Waals surface area contributed by atoms with Crippen LogP contribution in [0.3, 0.4) is 0 Å². The topological polar surface area (TPSA) is 101 Å². The number of hydrogen-bond acceptors (Lipinski definition) is 5. The Bertz CT molecular complexity index is 993. The second kappa shape index (κ2) is 6.08. The van der Waals surface area contributed by atoms with E-state index in [0.717, 1.165) is 12.8 Å². The Kier molecular flexibility index (Phi) is 3.98. The van der Waals surface area contributed by atoms with Gasteiger partial charge < -0.3 is 10.2 Å². The SMILES string of the molecule is CN(C(=O)c1nc(C(=O)NC2CC2)c2ccccn12)C1CCS(=O)(=O)C1. The summed E-state index contributed by atoms with van der Waals surface area (Å²) < 4.78 is 25.0. The number of sulfone groups is 1. The Hall–Kier alpha value is -2.42. The average molecular weight is 376 g/mol. The van der Waals surface area contributed by atoms with Gasteiger partial charge >= 0.3 is 0 Å². The highest BCUT2D eigenvalue weighted by Crippen LogP contribution is 2.22. The molecule has 1 atom stereocenters. The molecule has 2 aliphatic rings. The molecule has 0 spiro atoms. The molecule has 1 aliphatic heterocycles. The molecule has 2 amide bonds. The maximum absolute atomic E-state index is 12.9. The summed E-state index contributed by atoms with van der Waals surface area (Å²) >= 11 is 0. The molecular weight excluding hydrogens is 356 g/mol. The van der Waals surface area contributed by atoms with Crippen LogP contribution < -0.4 is 5.32 Å². The minimum absolute atomic E-state index is 0.0342. The number of imidazole rings is 1. The number of pyridine rings is 1. The van der Waals surface area contributed by atoms with E-state index in [4.69, 9.17) is 0 Å². The predicted molar refractivity (Wildman–Crippen MR) is 94.8 cm³/mol. The van der Waals surface area contributed by atoms with Crippen LogP contribution in [-0.4, -0.2) is 65.2 Å². The van der Waals surface area contributed by atoms with Gasteiger partial charge in [-0.1, -0.05) is 6.07 Å². The number of carbonyl (C=O) groups is 2. The molecule has 0 aromatic carbocycles. The summed E-state index contributed by atoms with van der Waals surface area (Å²) in [6, 6.07) is 5.10. The van der Waals surface area contributed by atoms with Crippen LogP contribution in [0.1, 0.15) is 40.4 Å². The van der Waals surface area contributed by atoms with Crippen molar-refractivity contribution < 1.29 is 18.0 Å². The fraction of sp³-hybridized carbons (Fsp3) is 0.471. The molecular formula is C17H20N4O4S. The molecule has 138 valence electrons. The van der Waals surface area contributed by atoms with Crippen LogP contribution in [0, 0.1) is 0 Å². The van der Waals surface area contributed by atoms with Crippen LogP contribution in [0.25, 0.3) is 5.52 Å². The Morgan fingerprint density at radius 1 is 1.27 bits per heavy atom. The van der Waals surface area contributed by atoms with E-state index in [1.807, 2.05) is 0 Å². The molecule has 2 fully saturated rings. The molecule has 0 bridgehead atoms. The van der Waals surface area contributed by atoms with E-state index in [2.05, 4.69) is 10.3 Å². The summed E-state index contributed by atoms with van der Waals surface area (Å²) in [5, 5.41) is 2.89. The van der Waals surface area contributed by atoms with Gasteiger partial charge in [0.1, 0.15) is 0 Å². The van der Waals surface area contributed by atoms with Crippen LogP contribution in [0.2, 0.25) is 0 Å². The second-order valence-corrected chi connectivity index (χ2v) is 9.19. The zero-order valence-electron chi connectivity index (χ0n) is 14.4. The van der Waals surface area contributed by atoms with Gasteiger partial charge in [-0.3, -0.25) is 14.0 Å². The number of nitrogens with one attached hydrogen (secondary N) is 1. The van der Waals surface area contributed by atoms with Crippen molar-refractivity contribution in [3.05, 3.63) is 35.9 Å². The minimum Gasteiger partial charge on any atom is -0.348 e. The fourth-order valence-electron chi connectivity index (χ4n) is 3.24. The van der Waals surface area contributed by atoms with E-state index in [1.54, 1.807) is 35.8 Å². The van der Waals surface area contributed by atoms with Crippen LogP contribution in [0.5, 0.6) is 0 Å². The molecule has 0 radical (unpaired) electrons. The largest absolute Gasteiger partial charge is 0.348 e. The molecule has 1 aliphatic carbocycles. The van der Waals surface area contributed by atoms with Gasteiger partial charge in [-0.2, -0.15) is 0 Å². The third-order valence-corrected chi connectivity index (χ3v) is 6.69. The molecule has 1 saturated heterocycles. The van der Waals surface area contributed by atoms with Gasteiger partial charge in [0.15, 0.2) is 15.5 Å². The average Bonchev–Trinajstić information content (AvgIpc) is 3.22. The van der Waals surface area contributed by atoms with E-state index in [9.17, 15) is 18.0 Å². The highest BCUT2D eigenvalue weighted by molar-refractivity contribution is 7.91. The van der Waals surface area contributed by atoms with Gasteiger partial charge in [-0.25, -0.2) is 13.4 Å². The summed E-state index contributed by atoms with van der Waals surface area (Å²) in [5.41, 5.74) is 0.773. The van der Waals surface area contributed by atoms with Gasteiger partial charge in [0, 0.05) is 25.3 Å². The summed E-state index contributed by atoms with van der Waals surface area (Å²) in [6.07, 6.45) is 4.02. The van der Waals surface area contributed by atoms with E-state index in [-0.39, 0.29) is 41.0 Å². The maximum atomic E-state index is 12.9. The zero-order valence-corrected chi connectivity index (χ0v) is 15.2. The Morgan fingerprint density at radius 3 is 2.69 bits per heavy atom. The second-order valence-electron chi connectivity index (χ2n) is 6.96. The van der Waals surface area contributed by atoms with Crippen LogP contribution in [0.15, 0.2) is 24.4 Å². The van der Waals surface area contributed by atoms with Crippen molar-refractivity contribution in [1.29, 1.82) is 0 Å². The predicted octanol–water partition coefficient (Wildman–Crippen LogP) is 0.486. The van der Waals surface area contributed by atoms with E-state index in [0.29, 0.717) is 11.9 Å². The van der Waals surface area contributed by atoms with Gasteiger partial charge in [0.25, 0.3) is 11.8 Å². The lowest BCUT2D eigenvalue weighted by molar-refractivity contribution is 0.0734. The minimum atomic E-state index is -3.10. The Labute approximate surface area is 151 Å². The highest BCUT2D eigenvalue weighted by atomic mass is 32.2. The maximum Gasteiger partial charge on any atom is 0.290 e. The lowest BCUT2D eigenvalue weighted by Gasteiger charge is -2.22. The smallest absolute Gasteiger partial charge is 0.290 e. The molecule has 9 heteroatoms. The summed E-state index contributed by atoms with van der Waals surface area (Å²) in [4.78, 5) is 31.1. The third kappa shape index (κ3) is 3.07. The Balaban J connectivity index is 1.67. The fourth-order valence-corrected chi connectivity index (χ4v) is 5.02. The Morgan fingerprint density at radius 2 is 2.04 bits per heavy atom. The van der Waals surface area contributed by atoms with E-state index in [1.165, 1.54) is 4.90 Å². The number of rotatable bonds is 4. The number of nitrogens with zero attached hydrogens (tertiary/aromatic N) is 3. The van der Waals surface area contributed by atoms with E-state index >= 15 is 0 Å². The quantitative estimate of drug-likeness (QED) is 0.837. The lowest BCUT2D eigenvalue weighted by Crippen LogP contribution is -2.38. The summed E-state index contributed by atoms with van der Waals surface area (Å²) in [5.74, 6) is -0.506. The molecule has 1 unspecified atom stereocenters. The number of hydrogen-bond donors (Lipinski definition) is 1.